The van der Waals surface area contributed by atoms with Crippen molar-refractivity contribution in [1.82, 2.24) is 5.32 Å². The Hall–Kier alpha value is -2.29. The molecule has 0 aliphatic carbocycles. The number of rotatable bonds is 6. The highest BCUT2D eigenvalue weighted by molar-refractivity contribution is 7.86. The molecule has 0 spiro atoms. The first kappa shape index (κ1) is 16.8. The van der Waals surface area contributed by atoms with E-state index in [4.69, 9.17) is 5.11 Å². The van der Waals surface area contributed by atoms with Crippen LogP contribution in [0.1, 0.15) is 12.5 Å². The maximum absolute atomic E-state index is 11.1. The van der Waals surface area contributed by atoms with E-state index in [1.165, 1.54) is 25.1 Å². The van der Waals surface area contributed by atoms with Crippen LogP contribution in [-0.2, 0) is 26.1 Å². The number of carbonyl (C=O) groups excluding carboxylic acids is 1. The lowest BCUT2D eigenvalue weighted by Crippen LogP contribution is -2.41. The van der Waals surface area contributed by atoms with Crippen LogP contribution in [0.5, 0.6) is 11.5 Å². The largest absolute Gasteiger partial charge is 0.504 e. The smallest absolute Gasteiger partial charge is 0.326 e. The number of carboxylic acids is 1. The standard InChI is InChI=1S/C12H15NO7S/c1-7(14)13-9(12(16)17)5-8-3-4-10(15)11(6-8)20-21(2,18)19/h3-4,6,9,15H,5H2,1-2H3,(H,13,14)(H,16,17)/t9-/m0/s1. The molecule has 0 fully saturated rings. The number of carboxylic acid groups (broad SMARTS) is 1. The van der Waals surface area contributed by atoms with Gasteiger partial charge in [0.2, 0.25) is 5.91 Å². The van der Waals surface area contributed by atoms with Gasteiger partial charge in [0.25, 0.3) is 0 Å². The van der Waals surface area contributed by atoms with Crippen molar-refractivity contribution in [3.63, 3.8) is 0 Å². The summed E-state index contributed by atoms with van der Waals surface area (Å²) in [4.78, 5) is 22.0. The van der Waals surface area contributed by atoms with Crippen LogP contribution in [0.25, 0.3) is 0 Å². The summed E-state index contributed by atoms with van der Waals surface area (Å²) in [6.07, 6.45) is 0.728. The minimum Gasteiger partial charge on any atom is -0.504 e. The first-order valence-corrected chi connectivity index (χ1v) is 7.61. The molecule has 0 aliphatic heterocycles. The number of phenols is 1. The zero-order valence-electron chi connectivity index (χ0n) is 11.4. The Labute approximate surface area is 121 Å². The molecular formula is C12H15NO7S. The fourth-order valence-corrected chi connectivity index (χ4v) is 2.06. The average molecular weight is 317 g/mol. The van der Waals surface area contributed by atoms with E-state index in [2.05, 4.69) is 9.50 Å². The Kier molecular flexibility index (Phi) is 5.14. The molecule has 0 heterocycles. The predicted molar refractivity (Wildman–Crippen MR) is 72.5 cm³/mol. The van der Waals surface area contributed by atoms with Gasteiger partial charge in [-0.15, -0.1) is 0 Å². The third-order valence-corrected chi connectivity index (χ3v) is 2.86. The zero-order valence-corrected chi connectivity index (χ0v) is 12.2. The van der Waals surface area contributed by atoms with Crippen molar-refractivity contribution in [2.75, 3.05) is 6.26 Å². The van der Waals surface area contributed by atoms with Gasteiger partial charge >= 0.3 is 16.1 Å². The first-order valence-electron chi connectivity index (χ1n) is 5.80. The van der Waals surface area contributed by atoms with Crippen LogP contribution in [0.2, 0.25) is 0 Å². The van der Waals surface area contributed by atoms with Crippen molar-refractivity contribution < 1.29 is 32.4 Å². The molecule has 1 atom stereocenters. The molecule has 9 heteroatoms. The minimum absolute atomic E-state index is 0.0880. The SMILES string of the molecule is CC(=O)N[C@@H](Cc1ccc(O)c(OS(C)(=O)=O)c1)C(=O)O. The van der Waals surface area contributed by atoms with Crippen molar-refractivity contribution in [3.05, 3.63) is 23.8 Å². The quantitative estimate of drug-likeness (QED) is 0.623. The Morgan fingerprint density at radius 3 is 2.48 bits per heavy atom. The third-order valence-electron chi connectivity index (χ3n) is 2.38. The van der Waals surface area contributed by atoms with E-state index in [9.17, 15) is 23.1 Å². The summed E-state index contributed by atoms with van der Waals surface area (Å²) in [7, 11) is -3.83. The van der Waals surface area contributed by atoms with Crippen LogP contribution in [0.3, 0.4) is 0 Å². The number of phenolic OH excluding ortho intramolecular Hbond substituents is 1. The van der Waals surface area contributed by atoms with Crippen molar-refractivity contribution in [3.8, 4) is 11.5 Å². The van der Waals surface area contributed by atoms with Crippen molar-refractivity contribution in [2.24, 2.45) is 0 Å². The van der Waals surface area contributed by atoms with E-state index in [1.54, 1.807) is 0 Å². The van der Waals surface area contributed by atoms with Gasteiger partial charge in [-0.3, -0.25) is 4.79 Å². The first-order chi connectivity index (χ1) is 9.58. The molecule has 1 aromatic carbocycles. The summed E-state index contributed by atoms with van der Waals surface area (Å²) in [6.45, 7) is 1.19. The van der Waals surface area contributed by atoms with Crippen molar-refractivity contribution >= 4 is 22.0 Å². The second-order valence-electron chi connectivity index (χ2n) is 4.39. The molecule has 0 saturated carbocycles. The fraction of sp³-hybridized carbons (Fsp3) is 0.333. The van der Waals surface area contributed by atoms with Crippen LogP contribution in [0, 0.1) is 0 Å². The topological polar surface area (TPSA) is 130 Å². The third kappa shape index (κ3) is 5.69. The molecule has 0 bridgehead atoms. The summed E-state index contributed by atoms with van der Waals surface area (Å²) in [5, 5.41) is 20.8. The zero-order chi connectivity index (χ0) is 16.2. The molecule has 8 nitrogen and oxygen atoms in total. The number of benzene rings is 1. The van der Waals surface area contributed by atoms with E-state index in [0.717, 1.165) is 6.26 Å². The Morgan fingerprint density at radius 1 is 1.38 bits per heavy atom. The van der Waals surface area contributed by atoms with Crippen LogP contribution >= 0.6 is 0 Å². The van der Waals surface area contributed by atoms with Gasteiger partial charge in [0.15, 0.2) is 11.5 Å². The van der Waals surface area contributed by atoms with E-state index in [1.807, 2.05) is 0 Å². The molecule has 1 amide bonds. The van der Waals surface area contributed by atoms with Gasteiger partial charge < -0.3 is 19.7 Å². The highest BCUT2D eigenvalue weighted by atomic mass is 32.2. The number of aliphatic carboxylic acids is 1. The van der Waals surface area contributed by atoms with Crippen LogP contribution in [0.15, 0.2) is 18.2 Å². The fourth-order valence-electron chi connectivity index (χ4n) is 1.60. The van der Waals surface area contributed by atoms with E-state index < -0.39 is 33.8 Å². The molecule has 0 saturated heterocycles. The molecule has 0 aromatic heterocycles. The predicted octanol–water partition coefficient (Wildman–Crippen LogP) is -0.138. The Balaban J connectivity index is 3.00. The van der Waals surface area contributed by atoms with Gasteiger partial charge in [-0.25, -0.2) is 4.79 Å². The molecule has 1 rings (SSSR count). The van der Waals surface area contributed by atoms with E-state index in [0.29, 0.717) is 5.56 Å². The summed E-state index contributed by atoms with van der Waals surface area (Å²) in [6, 6.07) is 2.62. The van der Waals surface area contributed by atoms with Gasteiger partial charge in [0.1, 0.15) is 6.04 Å². The van der Waals surface area contributed by atoms with Crippen LogP contribution in [-0.4, -0.2) is 42.8 Å². The summed E-state index contributed by atoms with van der Waals surface area (Å²) >= 11 is 0. The monoisotopic (exact) mass is 317 g/mol. The number of nitrogens with one attached hydrogen (secondary N) is 1. The number of amides is 1. The lowest BCUT2D eigenvalue weighted by Gasteiger charge is -2.14. The second kappa shape index (κ2) is 6.44. The Bertz CT molecular complexity index is 654. The normalized spacial score (nSPS) is 12.5. The minimum atomic E-state index is -3.83. The molecule has 0 unspecified atom stereocenters. The lowest BCUT2D eigenvalue weighted by molar-refractivity contribution is -0.141. The molecule has 116 valence electrons. The molecule has 3 N–H and O–H groups in total. The van der Waals surface area contributed by atoms with E-state index in [-0.39, 0.29) is 12.2 Å². The summed E-state index contributed by atoms with van der Waals surface area (Å²) in [5.41, 5.74) is 0.382. The summed E-state index contributed by atoms with van der Waals surface area (Å²) < 4.78 is 26.7. The van der Waals surface area contributed by atoms with Gasteiger partial charge in [0, 0.05) is 13.3 Å². The number of aromatic hydroxyl groups is 1. The van der Waals surface area contributed by atoms with Gasteiger partial charge in [0.05, 0.1) is 6.26 Å². The highest BCUT2D eigenvalue weighted by Gasteiger charge is 2.20. The summed E-state index contributed by atoms with van der Waals surface area (Å²) in [5.74, 6) is -2.44. The maximum Gasteiger partial charge on any atom is 0.326 e. The molecule has 0 aliphatic rings. The molecule has 0 radical (unpaired) electrons. The van der Waals surface area contributed by atoms with Crippen molar-refractivity contribution in [1.29, 1.82) is 0 Å². The Morgan fingerprint density at radius 2 is 2.00 bits per heavy atom. The maximum atomic E-state index is 11.1. The number of carbonyl (C=O) groups is 2. The lowest BCUT2D eigenvalue weighted by atomic mass is 10.1. The second-order valence-corrected chi connectivity index (χ2v) is 5.96. The average Bonchev–Trinajstić information content (AvgIpc) is 2.30. The molecular weight excluding hydrogens is 302 g/mol. The van der Waals surface area contributed by atoms with Gasteiger partial charge in [-0.05, 0) is 17.7 Å². The highest BCUT2D eigenvalue weighted by Crippen LogP contribution is 2.28. The van der Waals surface area contributed by atoms with Gasteiger partial charge in [-0.2, -0.15) is 8.42 Å². The van der Waals surface area contributed by atoms with Crippen LogP contribution in [0.4, 0.5) is 0 Å². The molecule has 1 aromatic rings. The molecule has 21 heavy (non-hydrogen) atoms. The van der Waals surface area contributed by atoms with Crippen molar-refractivity contribution in [2.45, 2.75) is 19.4 Å². The van der Waals surface area contributed by atoms with Crippen LogP contribution < -0.4 is 9.50 Å². The van der Waals surface area contributed by atoms with Gasteiger partial charge in [-0.1, -0.05) is 6.07 Å². The number of hydrogen-bond acceptors (Lipinski definition) is 6. The van der Waals surface area contributed by atoms with E-state index >= 15 is 0 Å². The number of hydrogen-bond donors (Lipinski definition) is 3.